The van der Waals surface area contributed by atoms with E-state index in [0.717, 1.165) is 11.5 Å². The summed E-state index contributed by atoms with van der Waals surface area (Å²) < 4.78 is 0. The van der Waals surface area contributed by atoms with Crippen molar-refractivity contribution in [2.75, 3.05) is 7.05 Å². The fourth-order valence-electron chi connectivity index (χ4n) is 0.608. The van der Waals surface area contributed by atoms with Gasteiger partial charge in [0.2, 0.25) is 0 Å². The molecule has 0 aromatic carbocycles. The van der Waals surface area contributed by atoms with Crippen molar-refractivity contribution < 1.29 is 0 Å². The van der Waals surface area contributed by atoms with Gasteiger partial charge in [0, 0.05) is 7.05 Å². The van der Waals surface area contributed by atoms with E-state index in [1.165, 1.54) is 4.91 Å². The summed E-state index contributed by atoms with van der Waals surface area (Å²) in [6.07, 6.45) is 3.31. The Morgan fingerprint density at radius 3 is 2.50 bits per heavy atom. The van der Waals surface area contributed by atoms with Gasteiger partial charge in [-0.15, -0.1) is 0 Å². The SMILES string of the molecule is CC/C=C(\C)SC(C)=NC. The molecule has 0 rings (SSSR count). The Morgan fingerprint density at radius 2 is 2.10 bits per heavy atom. The van der Waals surface area contributed by atoms with Crippen molar-refractivity contribution in [3.63, 3.8) is 0 Å². The van der Waals surface area contributed by atoms with Crippen LogP contribution in [-0.2, 0) is 0 Å². The normalized spacial score (nSPS) is 14.0. The molecule has 0 amide bonds. The number of rotatable bonds is 2. The molecule has 0 bridgehead atoms. The zero-order valence-corrected chi connectivity index (χ0v) is 7.96. The molecule has 0 aromatic rings. The van der Waals surface area contributed by atoms with Crippen LogP contribution in [0.25, 0.3) is 0 Å². The van der Waals surface area contributed by atoms with Crippen LogP contribution >= 0.6 is 11.8 Å². The first kappa shape index (κ1) is 9.76. The molecule has 0 unspecified atom stereocenters. The van der Waals surface area contributed by atoms with Crippen molar-refractivity contribution in [1.82, 2.24) is 0 Å². The van der Waals surface area contributed by atoms with E-state index in [1.54, 1.807) is 11.8 Å². The molecule has 2 heteroatoms. The molecule has 0 atom stereocenters. The third-order valence-electron chi connectivity index (χ3n) is 1.12. The van der Waals surface area contributed by atoms with Gasteiger partial charge in [-0.3, -0.25) is 4.99 Å². The standard InChI is InChI=1S/C8H15NS/c1-5-6-7(2)10-8(3)9-4/h6H,5H2,1-4H3/b7-6+,9-8?. The smallest absolute Gasteiger partial charge is 0.0685 e. The second kappa shape index (κ2) is 5.54. The minimum atomic E-state index is 1.11. The fourth-order valence-corrected chi connectivity index (χ4v) is 1.42. The van der Waals surface area contributed by atoms with Crippen LogP contribution < -0.4 is 0 Å². The molecule has 1 nitrogen and oxygen atoms in total. The van der Waals surface area contributed by atoms with Gasteiger partial charge in [-0.25, -0.2) is 0 Å². The van der Waals surface area contributed by atoms with E-state index in [4.69, 9.17) is 0 Å². The van der Waals surface area contributed by atoms with E-state index >= 15 is 0 Å². The zero-order chi connectivity index (χ0) is 7.98. The average Bonchev–Trinajstić information content (AvgIpc) is 1.88. The van der Waals surface area contributed by atoms with Crippen molar-refractivity contribution in [2.45, 2.75) is 27.2 Å². The molecule has 0 aromatic heterocycles. The molecule has 0 aliphatic rings. The molecular formula is C8H15NS. The summed E-state index contributed by atoms with van der Waals surface area (Å²) in [5.41, 5.74) is 0. The average molecular weight is 157 g/mol. The summed E-state index contributed by atoms with van der Waals surface area (Å²) in [5.74, 6) is 0. The summed E-state index contributed by atoms with van der Waals surface area (Å²) in [5, 5.41) is 1.13. The van der Waals surface area contributed by atoms with Gasteiger partial charge in [0.1, 0.15) is 0 Å². The number of allylic oxidation sites excluding steroid dienone is 2. The number of aliphatic imine (C=N–C) groups is 1. The van der Waals surface area contributed by atoms with Crippen LogP contribution in [-0.4, -0.2) is 12.1 Å². The molecule has 0 aliphatic heterocycles. The highest BCUT2D eigenvalue weighted by atomic mass is 32.2. The monoisotopic (exact) mass is 157 g/mol. The Kier molecular flexibility index (Phi) is 5.40. The van der Waals surface area contributed by atoms with E-state index < -0.39 is 0 Å². The van der Waals surface area contributed by atoms with Crippen molar-refractivity contribution in [3.8, 4) is 0 Å². The molecule has 0 heterocycles. The summed E-state index contributed by atoms with van der Waals surface area (Å²) in [6.45, 7) is 6.28. The van der Waals surface area contributed by atoms with Gasteiger partial charge >= 0.3 is 0 Å². The van der Waals surface area contributed by atoms with Crippen molar-refractivity contribution >= 4 is 16.8 Å². The molecule has 0 spiro atoms. The topological polar surface area (TPSA) is 12.4 Å². The van der Waals surface area contributed by atoms with Crippen molar-refractivity contribution in [2.24, 2.45) is 4.99 Å². The maximum atomic E-state index is 4.05. The highest BCUT2D eigenvalue weighted by molar-refractivity contribution is 8.17. The van der Waals surface area contributed by atoms with Crippen LogP contribution in [0.2, 0.25) is 0 Å². The van der Waals surface area contributed by atoms with E-state index in [9.17, 15) is 0 Å². The first-order chi connectivity index (χ1) is 4.70. The molecular weight excluding hydrogens is 142 g/mol. The second-order valence-electron chi connectivity index (χ2n) is 2.07. The zero-order valence-electron chi connectivity index (χ0n) is 7.14. The van der Waals surface area contributed by atoms with E-state index in [1.807, 2.05) is 14.0 Å². The first-order valence-electron chi connectivity index (χ1n) is 3.48. The number of hydrogen-bond donors (Lipinski definition) is 0. The summed E-state index contributed by atoms with van der Waals surface area (Å²) in [7, 11) is 1.82. The van der Waals surface area contributed by atoms with Crippen LogP contribution in [0, 0.1) is 0 Å². The molecule has 0 N–H and O–H groups in total. The van der Waals surface area contributed by atoms with Crippen LogP contribution in [0.5, 0.6) is 0 Å². The Hall–Kier alpha value is -0.240. The van der Waals surface area contributed by atoms with Crippen LogP contribution in [0.15, 0.2) is 16.0 Å². The predicted octanol–water partition coefficient (Wildman–Crippen LogP) is 3.08. The van der Waals surface area contributed by atoms with Crippen LogP contribution in [0.3, 0.4) is 0 Å². The third-order valence-corrected chi connectivity index (χ3v) is 2.08. The van der Waals surface area contributed by atoms with Crippen LogP contribution in [0.4, 0.5) is 0 Å². The predicted molar refractivity (Wildman–Crippen MR) is 50.7 cm³/mol. The molecule has 0 saturated heterocycles. The molecule has 0 aliphatic carbocycles. The highest BCUT2D eigenvalue weighted by Gasteiger charge is 1.91. The number of thioether (sulfide) groups is 1. The second-order valence-corrected chi connectivity index (χ2v) is 3.51. The maximum absolute atomic E-state index is 4.05. The van der Waals surface area contributed by atoms with Gasteiger partial charge in [0.15, 0.2) is 0 Å². The summed E-state index contributed by atoms with van der Waals surface area (Å²) in [6, 6.07) is 0. The Bertz CT molecular complexity index is 147. The third kappa shape index (κ3) is 4.62. The van der Waals surface area contributed by atoms with Crippen molar-refractivity contribution in [3.05, 3.63) is 11.0 Å². The van der Waals surface area contributed by atoms with Gasteiger partial charge in [0.25, 0.3) is 0 Å². The minimum absolute atomic E-state index is 1.11. The van der Waals surface area contributed by atoms with E-state index in [2.05, 4.69) is 24.9 Å². The lowest BCUT2D eigenvalue weighted by Gasteiger charge is -1.97. The minimum Gasteiger partial charge on any atom is -0.286 e. The fraction of sp³-hybridized carbons (Fsp3) is 0.625. The summed E-state index contributed by atoms with van der Waals surface area (Å²) in [4.78, 5) is 5.39. The first-order valence-corrected chi connectivity index (χ1v) is 4.30. The van der Waals surface area contributed by atoms with Gasteiger partial charge in [-0.1, -0.05) is 24.8 Å². The van der Waals surface area contributed by atoms with E-state index in [0.29, 0.717) is 0 Å². The maximum Gasteiger partial charge on any atom is 0.0685 e. The lowest BCUT2D eigenvalue weighted by Crippen LogP contribution is -1.81. The van der Waals surface area contributed by atoms with Crippen LogP contribution in [0.1, 0.15) is 27.2 Å². The molecule has 10 heavy (non-hydrogen) atoms. The number of hydrogen-bond acceptors (Lipinski definition) is 2. The Balaban J connectivity index is 3.79. The summed E-state index contributed by atoms with van der Waals surface area (Å²) >= 11 is 1.74. The van der Waals surface area contributed by atoms with Crippen molar-refractivity contribution in [1.29, 1.82) is 0 Å². The largest absolute Gasteiger partial charge is 0.286 e. The molecule has 0 radical (unpaired) electrons. The van der Waals surface area contributed by atoms with E-state index in [-0.39, 0.29) is 0 Å². The molecule has 58 valence electrons. The Labute approximate surface area is 67.6 Å². The highest BCUT2D eigenvalue weighted by Crippen LogP contribution is 2.16. The van der Waals surface area contributed by atoms with Gasteiger partial charge < -0.3 is 0 Å². The van der Waals surface area contributed by atoms with Gasteiger partial charge in [-0.05, 0) is 25.2 Å². The Morgan fingerprint density at radius 1 is 1.50 bits per heavy atom. The van der Waals surface area contributed by atoms with Gasteiger partial charge in [-0.2, -0.15) is 0 Å². The lowest BCUT2D eigenvalue weighted by molar-refractivity contribution is 1.21. The quantitative estimate of drug-likeness (QED) is 0.443. The molecule has 0 saturated carbocycles. The lowest BCUT2D eigenvalue weighted by atomic mass is 10.4. The van der Waals surface area contributed by atoms with Gasteiger partial charge in [0.05, 0.1) is 5.04 Å². The molecule has 0 fully saturated rings. The number of nitrogens with zero attached hydrogens (tertiary/aromatic N) is 1.